The highest BCUT2D eigenvalue weighted by Gasteiger charge is 2.34. The monoisotopic (exact) mass is 238 g/mol. The van der Waals surface area contributed by atoms with Gasteiger partial charge in [-0.2, -0.15) is 0 Å². The van der Waals surface area contributed by atoms with Crippen molar-refractivity contribution in [1.82, 2.24) is 10.2 Å². The van der Waals surface area contributed by atoms with Crippen LogP contribution in [0.25, 0.3) is 0 Å². The second-order valence-electron chi connectivity index (χ2n) is 6.42. The molecule has 3 unspecified atom stereocenters. The Hall–Kier alpha value is -0.0800. The van der Waals surface area contributed by atoms with Crippen molar-refractivity contribution < 1.29 is 0 Å². The van der Waals surface area contributed by atoms with Gasteiger partial charge in [0.1, 0.15) is 0 Å². The highest BCUT2D eigenvalue weighted by atomic mass is 15.2. The first-order valence-corrected chi connectivity index (χ1v) is 7.66. The molecule has 0 aromatic carbocycles. The average Bonchev–Trinajstić information content (AvgIpc) is 2.77. The molecule has 3 atom stereocenters. The molecule has 0 aromatic heterocycles. The van der Waals surface area contributed by atoms with Gasteiger partial charge in [0.25, 0.3) is 0 Å². The van der Waals surface area contributed by atoms with E-state index in [4.69, 9.17) is 0 Å². The fourth-order valence-electron chi connectivity index (χ4n) is 3.51. The summed E-state index contributed by atoms with van der Waals surface area (Å²) in [6.45, 7) is 10.7. The van der Waals surface area contributed by atoms with Crippen molar-refractivity contribution in [2.45, 2.75) is 65.0 Å². The first kappa shape index (κ1) is 13.4. The second kappa shape index (κ2) is 6.19. The zero-order valence-electron chi connectivity index (χ0n) is 11.9. The summed E-state index contributed by atoms with van der Waals surface area (Å²) in [6, 6.07) is 1.58. The predicted octanol–water partition coefficient (Wildman–Crippen LogP) is 2.89. The number of piperidine rings is 1. The molecule has 100 valence electrons. The molecule has 0 radical (unpaired) electrons. The molecule has 1 saturated heterocycles. The van der Waals surface area contributed by atoms with Crippen LogP contribution in [-0.2, 0) is 0 Å². The third kappa shape index (κ3) is 3.45. The molecule has 17 heavy (non-hydrogen) atoms. The fourth-order valence-corrected chi connectivity index (χ4v) is 3.51. The van der Waals surface area contributed by atoms with Crippen molar-refractivity contribution in [2.24, 2.45) is 11.8 Å². The number of nitrogens with one attached hydrogen (secondary N) is 1. The minimum absolute atomic E-state index is 0.652. The predicted molar refractivity (Wildman–Crippen MR) is 74.2 cm³/mol. The summed E-state index contributed by atoms with van der Waals surface area (Å²) in [7, 11) is 0. The molecule has 2 heteroatoms. The lowest BCUT2D eigenvalue weighted by Gasteiger charge is -2.38. The van der Waals surface area contributed by atoms with E-state index in [2.05, 4.69) is 31.0 Å². The van der Waals surface area contributed by atoms with Crippen LogP contribution in [0, 0.1) is 11.8 Å². The van der Waals surface area contributed by atoms with Gasteiger partial charge < -0.3 is 5.32 Å². The summed E-state index contributed by atoms with van der Waals surface area (Å²) in [4.78, 5) is 2.77. The Bertz CT molecular complexity index is 227. The van der Waals surface area contributed by atoms with Gasteiger partial charge in [0.2, 0.25) is 0 Å². The summed E-state index contributed by atoms with van der Waals surface area (Å²) in [5, 5.41) is 3.67. The molecule has 0 amide bonds. The molecule has 1 aliphatic heterocycles. The zero-order chi connectivity index (χ0) is 12.3. The van der Waals surface area contributed by atoms with Crippen molar-refractivity contribution in [3.05, 3.63) is 0 Å². The molecule has 0 aromatic rings. The first-order chi connectivity index (χ1) is 8.18. The van der Waals surface area contributed by atoms with Crippen LogP contribution < -0.4 is 5.32 Å². The van der Waals surface area contributed by atoms with Crippen LogP contribution in [0.4, 0.5) is 0 Å². The van der Waals surface area contributed by atoms with Gasteiger partial charge in [-0.15, -0.1) is 0 Å². The van der Waals surface area contributed by atoms with E-state index in [1.165, 1.54) is 51.7 Å². The van der Waals surface area contributed by atoms with Crippen molar-refractivity contribution in [3.8, 4) is 0 Å². The largest absolute Gasteiger partial charge is 0.313 e. The molecule has 1 aliphatic carbocycles. The van der Waals surface area contributed by atoms with Crippen LogP contribution in [0.15, 0.2) is 0 Å². The Labute approximate surface area is 107 Å². The van der Waals surface area contributed by atoms with Crippen molar-refractivity contribution >= 4 is 0 Å². The van der Waals surface area contributed by atoms with E-state index in [9.17, 15) is 0 Å². The van der Waals surface area contributed by atoms with E-state index in [1.807, 2.05) is 0 Å². The van der Waals surface area contributed by atoms with E-state index in [0.717, 1.165) is 17.9 Å². The van der Waals surface area contributed by atoms with Gasteiger partial charge in [0, 0.05) is 25.2 Å². The molecule has 0 spiro atoms. The number of rotatable bonds is 5. The third-order valence-electron chi connectivity index (χ3n) is 4.97. The molecular formula is C15H30N2. The third-order valence-corrected chi connectivity index (χ3v) is 4.97. The van der Waals surface area contributed by atoms with E-state index >= 15 is 0 Å². The first-order valence-electron chi connectivity index (χ1n) is 7.66. The number of nitrogens with zero attached hydrogens (tertiary/aromatic N) is 1. The highest BCUT2D eigenvalue weighted by molar-refractivity contribution is 4.89. The Kier molecular flexibility index (Phi) is 4.87. The van der Waals surface area contributed by atoms with Crippen LogP contribution in [0.2, 0.25) is 0 Å². The summed E-state index contributed by atoms with van der Waals surface area (Å²) < 4.78 is 0. The maximum atomic E-state index is 3.67. The summed E-state index contributed by atoms with van der Waals surface area (Å²) in [6.07, 6.45) is 7.36. The van der Waals surface area contributed by atoms with Crippen LogP contribution in [0.3, 0.4) is 0 Å². The quantitative estimate of drug-likeness (QED) is 0.792. The van der Waals surface area contributed by atoms with Gasteiger partial charge in [0.05, 0.1) is 0 Å². The lowest BCUT2D eigenvalue weighted by Crippen LogP contribution is -2.46. The van der Waals surface area contributed by atoms with Crippen LogP contribution in [0.1, 0.15) is 52.9 Å². The molecule has 1 heterocycles. The topological polar surface area (TPSA) is 15.3 Å². The van der Waals surface area contributed by atoms with Gasteiger partial charge in [0.15, 0.2) is 0 Å². The van der Waals surface area contributed by atoms with E-state index in [0.29, 0.717) is 6.04 Å². The van der Waals surface area contributed by atoms with E-state index in [1.54, 1.807) is 0 Å². The van der Waals surface area contributed by atoms with Crippen LogP contribution >= 0.6 is 0 Å². The summed E-state index contributed by atoms with van der Waals surface area (Å²) >= 11 is 0. The lowest BCUT2D eigenvalue weighted by atomic mass is 9.92. The summed E-state index contributed by atoms with van der Waals surface area (Å²) in [5.41, 5.74) is 0. The normalized spacial score (nSPS) is 31.8. The van der Waals surface area contributed by atoms with Gasteiger partial charge in [-0.25, -0.2) is 0 Å². The molecule has 2 aliphatic rings. The lowest BCUT2D eigenvalue weighted by molar-refractivity contribution is 0.113. The summed E-state index contributed by atoms with van der Waals surface area (Å²) in [5.74, 6) is 1.78. The minimum atomic E-state index is 0.652. The minimum Gasteiger partial charge on any atom is -0.313 e. The number of likely N-dealkylation sites (tertiary alicyclic amines) is 1. The fraction of sp³-hybridized carbons (Fsp3) is 1.00. The smallest absolute Gasteiger partial charge is 0.0124 e. The Balaban J connectivity index is 1.71. The molecule has 2 rings (SSSR count). The Morgan fingerprint density at radius 1 is 1.12 bits per heavy atom. The molecule has 2 nitrogen and oxygen atoms in total. The van der Waals surface area contributed by atoms with Crippen molar-refractivity contribution in [3.63, 3.8) is 0 Å². The van der Waals surface area contributed by atoms with Gasteiger partial charge >= 0.3 is 0 Å². The van der Waals surface area contributed by atoms with Crippen molar-refractivity contribution in [2.75, 3.05) is 19.6 Å². The van der Waals surface area contributed by atoms with E-state index < -0.39 is 0 Å². The zero-order valence-corrected chi connectivity index (χ0v) is 11.9. The standard InChI is InChI=1S/C15H30N2/c1-12(2)13(3)16-9-11-17-10-5-7-14-6-4-8-15(14)17/h12-16H,4-11H2,1-3H3. The molecule has 0 bridgehead atoms. The van der Waals surface area contributed by atoms with Crippen LogP contribution in [0.5, 0.6) is 0 Å². The average molecular weight is 238 g/mol. The molecular weight excluding hydrogens is 208 g/mol. The second-order valence-corrected chi connectivity index (χ2v) is 6.42. The molecule has 1 N–H and O–H groups in total. The highest BCUT2D eigenvalue weighted by Crippen LogP contribution is 2.36. The van der Waals surface area contributed by atoms with Crippen molar-refractivity contribution in [1.29, 1.82) is 0 Å². The van der Waals surface area contributed by atoms with E-state index in [-0.39, 0.29) is 0 Å². The van der Waals surface area contributed by atoms with Gasteiger partial charge in [-0.05, 0) is 51.0 Å². The number of fused-ring (bicyclic) bond motifs is 1. The Morgan fingerprint density at radius 2 is 1.88 bits per heavy atom. The maximum Gasteiger partial charge on any atom is 0.0124 e. The Morgan fingerprint density at radius 3 is 2.65 bits per heavy atom. The molecule has 1 saturated carbocycles. The SMILES string of the molecule is CC(C)C(C)NCCN1CCCC2CCCC21. The number of hydrogen-bond acceptors (Lipinski definition) is 2. The van der Waals surface area contributed by atoms with Gasteiger partial charge in [-0.3, -0.25) is 4.90 Å². The van der Waals surface area contributed by atoms with Crippen LogP contribution in [-0.4, -0.2) is 36.6 Å². The maximum absolute atomic E-state index is 3.67. The van der Waals surface area contributed by atoms with Gasteiger partial charge in [-0.1, -0.05) is 20.3 Å². The molecule has 2 fully saturated rings. The number of hydrogen-bond donors (Lipinski definition) is 1.